The van der Waals surface area contributed by atoms with Crippen molar-refractivity contribution in [2.75, 3.05) is 6.61 Å². The molecule has 0 aliphatic carbocycles. The van der Waals surface area contributed by atoms with Crippen LogP contribution in [0.2, 0.25) is 5.02 Å². The lowest BCUT2D eigenvalue weighted by atomic mass is 10.3. The summed E-state index contributed by atoms with van der Waals surface area (Å²) in [6.07, 6.45) is 2.92. The van der Waals surface area contributed by atoms with Crippen molar-refractivity contribution in [1.82, 2.24) is 5.43 Å². The fourth-order valence-electron chi connectivity index (χ4n) is 1.30. The van der Waals surface area contributed by atoms with E-state index in [1.165, 1.54) is 12.5 Å². The predicted molar refractivity (Wildman–Crippen MR) is 79.1 cm³/mol. The van der Waals surface area contributed by atoms with Crippen LogP contribution in [0.5, 0.6) is 5.75 Å². The van der Waals surface area contributed by atoms with E-state index in [-0.39, 0.29) is 12.5 Å². The number of rotatable bonds is 5. The summed E-state index contributed by atoms with van der Waals surface area (Å²) in [6.45, 7) is -0.157. The smallest absolute Gasteiger partial charge is 0.277 e. The summed E-state index contributed by atoms with van der Waals surface area (Å²) in [6, 6.07) is 8.48. The van der Waals surface area contributed by atoms with Gasteiger partial charge in [0.25, 0.3) is 5.91 Å². The number of carbonyl (C=O) groups excluding carboxylic acids is 1. The van der Waals surface area contributed by atoms with Gasteiger partial charge in [-0.25, -0.2) is 5.43 Å². The second-order valence-electron chi connectivity index (χ2n) is 3.67. The van der Waals surface area contributed by atoms with Gasteiger partial charge in [-0.05, 0) is 46.3 Å². The van der Waals surface area contributed by atoms with E-state index >= 15 is 0 Å². The van der Waals surface area contributed by atoms with Crippen molar-refractivity contribution < 1.29 is 13.9 Å². The van der Waals surface area contributed by atoms with Gasteiger partial charge in [-0.3, -0.25) is 4.79 Å². The second-order valence-corrected chi connectivity index (χ2v) is 4.96. The number of ether oxygens (including phenoxy) is 1. The molecule has 7 heteroatoms. The first-order chi connectivity index (χ1) is 9.65. The minimum atomic E-state index is -0.380. The predicted octanol–water partition coefficient (Wildman–Crippen LogP) is 3.22. The van der Waals surface area contributed by atoms with E-state index in [0.29, 0.717) is 21.0 Å². The van der Waals surface area contributed by atoms with Crippen molar-refractivity contribution in [3.63, 3.8) is 0 Å². The average molecular weight is 358 g/mol. The topological polar surface area (TPSA) is 63.8 Å². The van der Waals surface area contributed by atoms with Crippen molar-refractivity contribution >= 4 is 39.7 Å². The van der Waals surface area contributed by atoms with Crippen molar-refractivity contribution in [2.45, 2.75) is 0 Å². The Balaban J connectivity index is 1.80. The first kappa shape index (κ1) is 14.6. The van der Waals surface area contributed by atoms with Crippen LogP contribution >= 0.6 is 27.5 Å². The van der Waals surface area contributed by atoms with E-state index < -0.39 is 0 Å². The molecular weight excluding hydrogens is 348 g/mol. The van der Waals surface area contributed by atoms with E-state index in [2.05, 4.69) is 26.5 Å². The van der Waals surface area contributed by atoms with Crippen LogP contribution in [0, 0.1) is 0 Å². The normalized spacial score (nSPS) is 10.7. The van der Waals surface area contributed by atoms with Crippen LogP contribution in [-0.4, -0.2) is 18.7 Å². The molecule has 0 radical (unpaired) electrons. The van der Waals surface area contributed by atoms with Gasteiger partial charge < -0.3 is 9.15 Å². The number of halogens is 2. The van der Waals surface area contributed by atoms with E-state index in [1.807, 2.05) is 0 Å². The monoisotopic (exact) mass is 356 g/mol. The third-order valence-electron chi connectivity index (χ3n) is 2.18. The van der Waals surface area contributed by atoms with E-state index in [9.17, 15) is 4.79 Å². The molecule has 0 unspecified atom stereocenters. The molecule has 0 fully saturated rings. The molecule has 0 bridgehead atoms. The first-order valence-electron chi connectivity index (χ1n) is 5.58. The standard InChI is InChI=1S/C13H10BrClN2O3/c14-11-6-9(15)3-4-12(11)20-8-13(18)17-16-7-10-2-1-5-19-10/h1-7H,8H2,(H,17,18). The highest BCUT2D eigenvalue weighted by Gasteiger charge is 2.05. The number of nitrogens with zero attached hydrogens (tertiary/aromatic N) is 1. The molecule has 0 spiro atoms. The molecule has 0 aliphatic rings. The third kappa shape index (κ3) is 4.40. The van der Waals surface area contributed by atoms with Crippen LogP contribution < -0.4 is 10.2 Å². The van der Waals surface area contributed by atoms with Gasteiger partial charge in [-0.2, -0.15) is 5.10 Å². The van der Waals surface area contributed by atoms with Crippen LogP contribution in [-0.2, 0) is 4.79 Å². The maximum Gasteiger partial charge on any atom is 0.277 e. The van der Waals surface area contributed by atoms with Crippen molar-refractivity contribution in [3.05, 3.63) is 51.9 Å². The Hall–Kier alpha value is -1.79. The number of amides is 1. The van der Waals surface area contributed by atoms with Crippen LogP contribution in [0.25, 0.3) is 0 Å². The van der Waals surface area contributed by atoms with Crippen molar-refractivity contribution in [2.24, 2.45) is 5.10 Å². The summed E-state index contributed by atoms with van der Waals surface area (Å²) in [5.41, 5.74) is 2.33. The van der Waals surface area contributed by atoms with Gasteiger partial charge in [-0.1, -0.05) is 11.6 Å². The highest BCUT2D eigenvalue weighted by Crippen LogP contribution is 2.27. The molecule has 0 saturated carbocycles. The summed E-state index contributed by atoms with van der Waals surface area (Å²) >= 11 is 9.10. The van der Waals surface area contributed by atoms with Gasteiger partial charge in [0.1, 0.15) is 11.5 Å². The fraction of sp³-hybridized carbons (Fsp3) is 0.0769. The molecule has 0 saturated heterocycles. The largest absolute Gasteiger partial charge is 0.483 e. The van der Waals surface area contributed by atoms with Gasteiger partial charge in [0.2, 0.25) is 0 Å². The van der Waals surface area contributed by atoms with Crippen LogP contribution in [0.15, 0.2) is 50.6 Å². The van der Waals surface area contributed by atoms with Crippen LogP contribution in [0.4, 0.5) is 0 Å². The Morgan fingerprint density at radius 1 is 1.50 bits per heavy atom. The van der Waals surface area contributed by atoms with Crippen LogP contribution in [0.1, 0.15) is 5.76 Å². The molecule has 2 aromatic rings. The van der Waals surface area contributed by atoms with Crippen LogP contribution in [0.3, 0.4) is 0 Å². The van der Waals surface area contributed by atoms with Crippen molar-refractivity contribution in [1.29, 1.82) is 0 Å². The Bertz CT molecular complexity index is 614. The molecule has 1 amide bonds. The Labute approximate surface area is 128 Å². The zero-order chi connectivity index (χ0) is 14.4. The molecule has 2 rings (SSSR count). The number of hydrogen-bond donors (Lipinski definition) is 1. The lowest BCUT2D eigenvalue weighted by Crippen LogP contribution is -2.24. The second kappa shape index (κ2) is 7.12. The summed E-state index contributed by atoms with van der Waals surface area (Å²) in [4.78, 5) is 11.5. The Morgan fingerprint density at radius 2 is 2.35 bits per heavy atom. The molecule has 104 valence electrons. The SMILES string of the molecule is O=C(COc1ccc(Cl)cc1Br)NN=Cc1ccco1. The number of furan rings is 1. The third-order valence-corrected chi connectivity index (χ3v) is 3.03. The maximum absolute atomic E-state index is 11.5. The summed E-state index contributed by atoms with van der Waals surface area (Å²) < 4.78 is 11.0. The number of hydrazone groups is 1. The minimum Gasteiger partial charge on any atom is -0.483 e. The van der Waals surface area contributed by atoms with Gasteiger partial charge in [0, 0.05) is 5.02 Å². The minimum absolute atomic E-state index is 0.157. The van der Waals surface area contributed by atoms with E-state index in [4.69, 9.17) is 20.8 Å². The summed E-state index contributed by atoms with van der Waals surface area (Å²) in [5, 5.41) is 4.31. The molecule has 0 aliphatic heterocycles. The summed E-state index contributed by atoms with van der Waals surface area (Å²) in [7, 11) is 0. The Morgan fingerprint density at radius 3 is 3.05 bits per heavy atom. The van der Waals surface area contributed by atoms with Gasteiger partial charge in [0.15, 0.2) is 6.61 Å². The molecule has 1 aromatic carbocycles. The maximum atomic E-state index is 11.5. The highest BCUT2D eigenvalue weighted by atomic mass is 79.9. The first-order valence-corrected chi connectivity index (χ1v) is 6.75. The van der Waals surface area contributed by atoms with E-state index in [0.717, 1.165) is 0 Å². The zero-order valence-corrected chi connectivity index (χ0v) is 12.5. The fourth-order valence-corrected chi connectivity index (χ4v) is 2.10. The molecule has 1 N–H and O–H groups in total. The van der Waals surface area contributed by atoms with Gasteiger partial charge in [0.05, 0.1) is 17.0 Å². The van der Waals surface area contributed by atoms with Gasteiger partial charge >= 0.3 is 0 Å². The number of carbonyl (C=O) groups is 1. The van der Waals surface area contributed by atoms with Crippen molar-refractivity contribution in [3.8, 4) is 5.75 Å². The molecule has 1 aromatic heterocycles. The van der Waals surface area contributed by atoms with E-state index in [1.54, 1.807) is 30.3 Å². The zero-order valence-electron chi connectivity index (χ0n) is 10.2. The quantitative estimate of drug-likeness (QED) is 0.660. The molecular formula is C13H10BrClN2O3. The molecule has 1 heterocycles. The lowest BCUT2D eigenvalue weighted by Gasteiger charge is -2.07. The summed E-state index contributed by atoms with van der Waals surface area (Å²) in [5.74, 6) is 0.695. The van der Waals surface area contributed by atoms with Gasteiger partial charge in [-0.15, -0.1) is 0 Å². The molecule has 20 heavy (non-hydrogen) atoms. The Kier molecular flexibility index (Phi) is 5.20. The molecule has 0 atom stereocenters. The number of nitrogens with one attached hydrogen (secondary N) is 1. The average Bonchev–Trinajstić information content (AvgIpc) is 2.91. The lowest BCUT2D eigenvalue weighted by molar-refractivity contribution is -0.123. The molecule has 5 nitrogen and oxygen atoms in total. The number of benzene rings is 1. The number of hydrogen-bond acceptors (Lipinski definition) is 4. The highest BCUT2D eigenvalue weighted by molar-refractivity contribution is 9.10.